The predicted molar refractivity (Wildman–Crippen MR) is 82.4 cm³/mol. The SMILES string of the molecule is Cc1cn(-c2cc(N([O-])O)ccc2Oc2ccccc2)cn1. The van der Waals surface area contributed by atoms with E-state index in [9.17, 15) is 5.21 Å². The van der Waals surface area contributed by atoms with Crippen molar-refractivity contribution >= 4 is 5.69 Å². The second-order valence-corrected chi connectivity index (χ2v) is 4.76. The number of rotatable bonds is 4. The van der Waals surface area contributed by atoms with Gasteiger partial charge in [-0.05, 0) is 37.3 Å². The molecule has 1 heterocycles. The van der Waals surface area contributed by atoms with Gasteiger partial charge < -0.3 is 19.7 Å². The van der Waals surface area contributed by atoms with Crippen molar-refractivity contribution in [2.75, 3.05) is 5.23 Å². The summed E-state index contributed by atoms with van der Waals surface area (Å²) in [7, 11) is 0. The molecule has 0 aliphatic rings. The second-order valence-electron chi connectivity index (χ2n) is 4.76. The molecule has 0 bridgehead atoms. The minimum atomic E-state index is -0.181. The summed E-state index contributed by atoms with van der Waals surface area (Å²) < 4.78 is 7.59. The summed E-state index contributed by atoms with van der Waals surface area (Å²) in [6, 6.07) is 14.0. The van der Waals surface area contributed by atoms with Gasteiger partial charge in [0.15, 0.2) is 5.75 Å². The fourth-order valence-electron chi connectivity index (χ4n) is 2.08. The Hall–Kier alpha value is -2.83. The van der Waals surface area contributed by atoms with Crippen LogP contribution < -0.4 is 9.96 Å². The molecule has 0 aliphatic heterocycles. The van der Waals surface area contributed by atoms with Crippen LogP contribution in [0.2, 0.25) is 0 Å². The van der Waals surface area contributed by atoms with Crippen LogP contribution in [-0.4, -0.2) is 14.8 Å². The standard InChI is InChI=1S/C16H14N3O3/c1-12-10-18(11-17-12)15-9-13(19(20)21)7-8-16(15)22-14-5-3-2-4-6-14/h2-11,20H,1H3/q-1. The molecule has 0 spiro atoms. The molecule has 0 amide bonds. The lowest BCUT2D eigenvalue weighted by Crippen LogP contribution is -2.08. The zero-order chi connectivity index (χ0) is 15.5. The molecule has 0 fully saturated rings. The van der Waals surface area contributed by atoms with Crippen LogP contribution in [0, 0.1) is 12.1 Å². The van der Waals surface area contributed by atoms with Gasteiger partial charge in [0.05, 0.1) is 23.4 Å². The lowest BCUT2D eigenvalue weighted by Gasteiger charge is -2.23. The Morgan fingerprint density at radius 1 is 1.18 bits per heavy atom. The fraction of sp³-hybridized carbons (Fsp3) is 0.0625. The number of para-hydroxylation sites is 1. The van der Waals surface area contributed by atoms with Gasteiger partial charge in [0.1, 0.15) is 5.75 Å². The molecule has 1 aromatic heterocycles. The van der Waals surface area contributed by atoms with E-state index in [2.05, 4.69) is 4.98 Å². The molecule has 3 aromatic rings. The average Bonchev–Trinajstić information content (AvgIpc) is 2.95. The molecule has 0 saturated carbocycles. The summed E-state index contributed by atoms with van der Waals surface area (Å²) in [6.07, 6.45) is 3.43. The smallest absolute Gasteiger partial charge is 0.151 e. The Balaban J connectivity index is 2.05. The highest BCUT2D eigenvalue weighted by molar-refractivity contribution is 5.59. The van der Waals surface area contributed by atoms with Crippen LogP contribution in [0.1, 0.15) is 5.69 Å². The quantitative estimate of drug-likeness (QED) is 0.744. The Kier molecular flexibility index (Phi) is 3.78. The highest BCUT2D eigenvalue weighted by Crippen LogP contribution is 2.31. The molecule has 0 atom stereocenters. The van der Waals surface area contributed by atoms with Crippen molar-refractivity contribution in [3.05, 3.63) is 72.0 Å². The highest BCUT2D eigenvalue weighted by Gasteiger charge is 2.10. The minimum absolute atomic E-state index is 0.113. The maximum absolute atomic E-state index is 11.1. The fourth-order valence-corrected chi connectivity index (χ4v) is 2.08. The van der Waals surface area contributed by atoms with E-state index in [1.807, 2.05) is 43.5 Å². The summed E-state index contributed by atoms with van der Waals surface area (Å²) in [6.45, 7) is 1.87. The first kappa shape index (κ1) is 14.1. The van der Waals surface area contributed by atoms with Crippen LogP contribution in [0.4, 0.5) is 5.69 Å². The number of benzene rings is 2. The Morgan fingerprint density at radius 3 is 2.59 bits per heavy atom. The van der Waals surface area contributed by atoms with Crippen molar-refractivity contribution in [2.45, 2.75) is 6.92 Å². The minimum Gasteiger partial charge on any atom is -0.733 e. The topological polar surface area (TPSA) is 73.6 Å². The molecule has 6 nitrogen and oxygen atoms in total. The lowest BCUT2D eigenvalue weighted by molar-refractivity contribution is 0.296. The van der Waals surface area contributed by atoms with E-state index >= 15 is 0 Å². The Bertz CT molecular complexity index is 769. The van der Waals surface area contributed by atoms with Crippen LogP contribution in [0.15, 0.2) is 61.1 Å². The van der Waals surface area contributed by atoms with Crippen molar-refractivity contribution in [3.63, 3.8) is 0 Å². The van der Waals surface area contributed by atoms with Gasteiger partial charge in [-0.25, -0.2) is 4.98 Å². The number of hydrogen-bond acceptors (Lipinski definition) is 5. The molecular formula is C16H14N3O3-. The Labute approximate surface area is 127 Å². The van der Waals surface area contributed by atoms with Gasteiger partial charge in [-0.1, -0.05) is 18.2 Å². The molecule has 2 aromatic carbocycles. The van der Waals surface area contributed by atoms with E-state index < -0.39 is 0 Å². The van der Waals surface area contributed by atoms with Crippen LogP contribution in [0.25, 0.3) is 5.69 Å². The third-order valence-corrected chi connectivity index (χ3v) is 3.12. The zero-order valence-electron chi connectivity index (χ0n) is 11.9. The van der Waals surface area contributed by atoms with Gasteiger partial charge in [0.25, 0.3) is 0 Å². The van der Waals surface area contributed by atoms with Crippen molar-refractivity contribution in [1.82, 2.24) is 9.55 Å². The Morgan fingerprint density at radius 2 is 1.95 bits per heavy atom. The number of aryl methyl sites for hydroxylation is 1. The predicted octanol–water partition coefficient (Wildman–Crippen LogP) is 3.67. The first-order valence-corrected chi connectivity index (χ1v) is 6.67. The zero-order valence-corrected chi connectivity index (χ0v) is 11.9. The van der Waals surface area contributed by atoms with Crippen LogP contribution in [0.5, 0.6) is 11.5 Å². The van der Waals surface area contributed by atoms with Crippen LogP contribution in [0.3, 0.4) is 0 Å². The molecule has 3 rings (SSSR count). The first-order chi connectivity index (χ1) is 10.6. The molecule has 0 aliphatic carbocycles. The third kappa shape index (κ3) is 2.93. The van der Waals surface area contributed by atoms with Crippen molar-refractivity contribution in [3.8, 4) is 17.2 Å². The molecule has 0 radical (unpaired) electrons. The van der Waals surface area contributed by atoms with Crippen LogP contribution in [-0.2, 0) is 0 Å². The van der Waals surface area contributed by atoms with Crippen molar-refractivity contribution in [1.29, 1.82) is 0 Å². The highest BCUT2D eigenvalue weighted by atomic mass is 16.8. The molecular weight excluding hydrogens is 282 g/mol. The van der Waals surface area contributed by atoms with Crippen molar-refractivity contribution < 1.29 is 9.94 Å². The van der Waals surface area contributed by atoms with Crippen LogP contribution >= 0.6 is 0 Å². The third-order valence-electron chi connectivity index (χ3n) is 3.12. The molecule has 22 heavy (non-hydrogen) atoms. The van der Waals surface area contributed by atoms with Gasteiger partial charge in [-0.2, -0.15) is 0 Å². The number of ether oxygens (including phenoxy) is 1. The van der Waals surface area contributed by atoms with Gasteiger partial charge in [0.2, 0.25) is 0 Å². The monoisotopic (exact) mass is 296 g/mol. The lowest BCUT2D eigenvalue weighted by atomic mass is 10.2. The van der Waals surface area contributed by atoms with Gasteiger partial charge in [-0.3, -0.25) is 5.21 Å². The molecule has 0 saturated heterocycles. The first-order valence-electron chi connectivity index (χ1n) is 6.67. The summed E-state index contributed by atoms with van der Waals surface area (Å²) in [5.41, 5.74) is 1.55. The second kappa shape index (κ2) is 5.88. The summed E-state index contributed by atoms with van der Waals surface area (Å²) >= 11 is 0. The largest absolute Gasteiger partial charge is 0.733 e. The summed E-state index contributed by atoms with van der Waals surface area (Å²) in [4.78, 5) is 4.17. The molecule has 112 valence electrons. The van der Waals surface area contributed by atoms with Gasteiger partial charge in [-0.15, -0.1) is 0 Å². The summed E-state index contributed by atoms with van der Waals surface area (Å²) in [5.74, 6) is 1.23. The molecule has 0 unspecified atom stereocenters. The average molecular weight is 296 g/mol. The number of aromatic nitrogens is 2. The van der Waals surface area contributed by atoms with E-state index in [1.165, 1.54) is 12.1 Å². The number of anilines is 1. The maximum Gasteiger partial charge on any atom is 0.151 e. The van der Waals surface area contributed by atoms with E-state index in [1.54, 1.807) is 17.0 Å². The van der Waals surface area contributed by atoms with E-state index in [-0.39, 0.29) is 10.9 Å². The van der Waals surface area contributed by atoms with E-state index in [4.69, 9.17) is 9.94 Å². The molecule has 1 N–H and O–H groups in total. The maximum atomic E-state index is 11.1. The normalized spacial score (nSPS) is 10.5. The summed E-state index contributed by atoms with van der Waals surface area (Å²) in [5, 5.41) is 20.0. The van der Waals surface area contributed by atoms with Gasteiger partial charge >= 0.3 is 0 Å². The number of imidazole rings is 1. The number of hydrogen-bond donors (Lipinski definition) is 1. The van der Waals surface area contributed by atoms with E-state index in [0.717, 1.165) is 5.69 Å². The van der Waals surface area contributed by atoms with Gasteiger partial charge in [0, 0.05) is 6.20 Å². The number of nitrogens with zero attached hydrogens (tertiary/aromatic N) is 3. The van der Waals surface area contributed by atoms with Crippen molar-refractivity contribution in [2.24, 2.45) is 0 Å². The van der Waals surface area contributed by atoms with E-state index in [0.29, 0.717) is 17.2 Å². The molecule has 6 heteroatoms.